The Hall–Kier alpha value is -3.39. The molecule has 1 aromatic heterocycles. The van der Waals surface area contributed by atoms with Crippen LogP contribution in [0.5, 0.6) is 17.2 Å². The van der Waals surface area contributed by atoms with Gasteiger partial charge in [-0.3, -0.25) is 9.69 Å². The molecule has 1 amide bonds. The number of esters is 1. The molecule has 0 bridgehead atoms. The highest BCUT2D eigenvalue weighted by atomic mass is 32.1. The Labute approximate surface area is 178 Å². The SMILES string of the molecule is CCN(C(C)=O)c1nc(COC(=O)COc2ccc(Oc3ccccc3)cc2)cs1. The molecule has 156 valence electrons. The predicted octanol–water partition coefficient (Wildman–Crippen LogP) is 4.43. The molecule has 0 saturated heterocycles. The first-order chi connectivity index (χ1) is 14.5. The molecule has 1 heterocycles. The lowest BCUT2D eigenvalue weighted by Gasteiger charge is -2.14. The third-order valence-corrected chi connectivity index (χ3v) is 4.92. The predicted molar refractivity (Wildman–Crippen MR) is 114 cm³/mol. The molecule has 0 saturated carbocycles. The van der Waals surface area contributed by atoms with Crippen LogP contribution in [0.1, 0.15) is 19.5 Å². The van der Waals surface area contributed by atoms with E-state index < -0.39 is 5.97 Å². The standard InChI is InChI=1S/C22H22N2O5S/c1-3-24(16(2)25)22-23-17(15-30-22)13-28-21(26)14-27-18-9-11-20(12-10-18)29-19-7-5-4-6-8-19/h4-12,15H,3,13-14H2,1-2H3. The third-order valence-electron chi connectivity index (χ3n) is 4.01. The molecule has 7 nitrogen and oxygen atoms in total. The van der Waals surface area contributed by atoms with Crippen LogP contribution < -0.4 is 14.4 Å². The minimum atomic E-state index is -0.506. The number of carbonyl (C=O) groups is 2. The van der Waals surface area contributed by atoms with Crippen LogP contribution in [-0.4, -0.2) is 30.0 Å². The lowest BCUT2D eigenvalue weighted by atomic mass is 10.3. The second-order valence-corrected chi connectivity index (χ2v) is 7.06. The van der Waals surface area contributed by atoms with E-state index in [9.17, 15) is 9.59 Å². The second kappa shape index (κ2) is 10.4. The van der Waals surface area contributed by atoms with Crippen LogP contribution in [0.2, 0.25) is 0 Å². The van der Waals surface area contributed by atoms with Gasteiger partial charge in [0.2, 0.25) is 5.91 Å². The molecule has 0 N–H and O–H groups in total. The smallest absolute Gasteiger partial charge is 0.344 e. The number of rotatable bonds is 9. The van der Waals surface area contributed by atoms with Gasteiger partial charge >= 0.3 is 5.97 Å². The molecule has 3 aromatic rings. The Balaban J connectivity index is 1.43. The average molecular weight is 426 g/mol. The van der Waals surface area contributed by atoms with Crippen LogP contribution >= 0.6 is 11.3 Å². The van der Waals surface area contributed by atoms with E-state index in [0.717, 1.165) is 5.75 Å². The summed E-state index contributed by atoms with van der Waals surface area (Å²) in [6.07, 6.45) is 0. The average Bonchev–Trinajstić information content (AvgIpc) is 3.21. The zero-order chi connectivity index (χ0) is 21.3. The molecule has 0 unspecified atom stereocenters. The maximum Gasteiger partial charge on any atom is 0.344 e. The van der Waals surface area contributed by atoms with Crippen LogP contribution in [0, 0.1) is 0 Å². The van der Waals surface area contributed by atoms with Gasteiger partial charge in [0.25, 0.3) is 0 Å². The number of para-hydroxylation sites is 1. The summed E-state index contributed by atoms with van der Waals surface area (Å²) in [5.74, 6) is 1.35. The van der Waals surface area contributed by atoms with E-state index in [1.807, 2.05) is 37.3 Å². The molecule has 0 atom stereocenters. The van der Waals surface area contributed by atoms with E-state index >= 15 is 0 Å². The summed E-state index contributed by atoms with van der Waals surface area (Å²) >= 11 is 1.33. The largest absolute Gasteiger partial charge is 0.482 e. The second-order valence-electron chi connectivity index (χ2n) is 6.22. The summed E-state index contributed by atoms with van der Waals surface area (Å²) in [4.78, 5) is 29.4. The van der Waals surface area contributed by atoms with Gasteiger partial charge in [0.1, 0.15) is 23.9 Å². The van der Waals surface area contributed by atoms with E-state index in [4.69, 9.17) is 14.2 Å². The van der Waals surface area contributed by atoms with Crippen molar-refractivity contribution >= 4 is 28.3 Å². The van der Waals surface area contributed by atoms with Crippen LogP contribution in [-0.2, 0) is 20.9 Å². The van der Waals surface area contributed by atoms with Gasteiger partial charge in [0, 0.05) is 18.8 Å². The first-order valence-electron chi connectivity index (χ1n) is 9.39. The summed E-state index contributed by atoms with van der Waals surface area (Å²) < 4.78 is 16.4. The molecule has 0 aliphatic carbocycles. The van der Waals surface area contributed by atoms with Crippen molar-refractivity contribution in [1.82, 2.24) is 4.98 Å². The van der Waals surface area contributed by atoms with Gasteiger partial charge in [0.05, 0.1) is 5.69 Å². The molecule has 3 rings (SSSR count). The minimum Gasteiger partial charge on any atom is -0.482 e. The Morgan fingerprint density at radius 3 is 2.33 bits per heavy atom. The van der Waals surface area contributed by atoms with Gasteiger partial charge in [-0.05, 0) is 43.3 Å². The molecule has 0 spiro atoms. The Morgan fingerprint density at radius 2 is 1.67 bits per heavy atom. The normalized spacial score (nSPS) is 10.3. The third kappa shape index (κ3) is 6.05. The number of amides is 1. The maximum absolute atomic E-state index is 11.9. The van der Waals surface area contributed by atoms with E-state index in [2.05, 4.69) is 4.98 Å². The van der Waals surface area contributed by atoms with Gasteiger partial charge in [0.15, 0.2) is 11.7 Å². The quantitative estimate of drug-likeness (QED) is 0.471. The molecule has 8 heteroatoms. The van der Waals surface area contributed by atoms with E-state index in [0.29, 0.717) is 28.9 Å². The fraction of sp³-hybridized carbons (Fsp3) is 0.227. The lowest BCUT2D eigenvalue weighted by molar-refractivity contribution is -0.147. The van der Waals surface area contributed by atoms with Gasteiger partial charge < -0.3 is 14.2 Å². The van der Waals surface area contributed by atoms with Crippen molar-refractivity contribution < 1.29 is 23.8 Å². The molecule has 30 heavy (non-hydrogen) atoms. The Kier molecular flexibility index (Phi) is 7.40. The molecule has 0 fully saturated rings. The first kappa shape index (κ1) is 21.3. The first-order valence-corrected chi connectivity index (χ1v) is 10.3. The molecule has 0 aliphatic heterocycles. The monoisotopic (exact) mass is 426 g/mol. The van der Waals surface area contributed by atoms with Crippen molar-refractivity contribution in [2.75, 3.05) is 18.1 Å². The van der Waals surface area contributed by atoms with Crippen LogP contribution in [0.15, 0.2) is 60.0 Å². The number of anilines is 1. The van der Waals surface area contributed by atoms with E-state index in [-0.39, 0.29) is 19.1 Å². The number of benzene rings is 2. The Morgan fingerprint density at radius 1 is 1.00 bits per heavy atom. The molecule has 2 aromatic carbocycles. The number of hydrogen-bond acceptors (Lipinski definition) is 7. The summed E-state index contributed by atoms with van der Waals surface area (Å²) in [6, 6.07) is 16.4. The van der Waals surface area contributed by atoms with Gasteiger partial charge in [-0.1, -0.05) is 18.2 Å². The summed E-state index contributed by atoms with van der Waals surface area (Å²) in [7, 11) is 0. The Bertz CT molecular complexity index is 973. The molecule has 0 radical (unpaired) electrons. The highest BCUT2D eigenvalue weighted by Gasteiger charge is 2.14. The van der Waals surface area contributed by atoms with Crippen LogP contribution in [0.3, 0.4) is 0 Å². The van der Waals surface area contributed by atoms with Crippen LogP contribution in [0.4, 0.5) is 5.13 Å². The number of nitrogens with zero attached hydrogens (tertiary/aromatic N) is 2. The van der Waals surface area contributed by atoms with Gasteiger partial charge in [-0.15, -0.1) is 11.3 Å². The number of hydrogen-bond donors (Lipinski definition) is 0. The van der Waals surface area contributed by atoms with Crippen molar-refractivity contribution in [2.45, 2.75) is 20.5 Å². The summed E-state index contributed by atoms with van der Waals surface area (Å²) in [6.45, 7) is 3.70. The summed E-state index contributed by atoms with van der Waals surface area (Å²) in [5, 5.41) is 2.35. The van der Waals surface area contributed by atoms with Crippen LogP contribution in [0.25, 0.3) is 0 Å². The highest BCUT2D eigenvalue weighted by Crippen LogP contribution is 2.24. The van der Waals surface area contributed by atoms with Crippen molar-refractivity contribution in [3.63, 3.8) is 0 Å². The van der Waals surface area contributed by atoms with Crippen molar-refractivity contribution in [3.05, 3.63) is 65.7 Å². The molecular weight excluding hydrogens is 404 g/mol. The lowest BCUT2D eigenvalue weighted by Crippen LogP contribution is -2.27. The number of carbonyl (C=O) groups excluding carboxylic acids is 2. The highest BCUT2D eigenvalue weighted by molar-refractivity contribution is 7.14. The fourth-order valence-corrected chi connectivity index (χ4v) is 3.46. The van der Waals surface area contributed by atoms with Gasteiger partial charge in [-0.2, -0.15) is 0 Å². The number of thiazole rings is 1. The zero-order valence-corrected chi connectivity index (χ0v) is 17.6. The fourth-order valence-electron chi connectivity index (χ4n) is 2.55. The van der Waals surface area contributed by atoms with Crippen molar-refractivity contribution in [3.8, 4) is 17.2 Å². The van der Waals surface area contributed by atoms with Gasteiger partial charge in [-0.25, -0.2) is 9.78 Å². The van der Waals surface area contributed by atoms with E-state index in [1.165, 1.54) is 18.3 Å². The van der Waals surface area contributed by atoms with Crippen molar-refractivity contribution in [1.29, 1.82) is 0 Å². The molecule has 0 aliphatic rings. The number of ether oxygens (including phenoxy) is 3. The maximum atomic E-state index is 11.9. The van der Waals surface area contributed by atoms with E-state index in [1.54, 1.807) is 34.5 Å². The zero-order valence-electron chi connectivity index (χ0n) is 16.7. The minimum absolute atomic E-state index is 0.0258. The number of aromatic nitrogens is 1. The summed E-state index contributed by atoms with van der Waals surface area (Å²) in [5.41, 5.74) is 0.588. The topological polar surface area (TPSA) is 78.0 Å². The van der Waals surface area contributed by atoms with Crippen molar-refractivity contribution in [2.24, 2.45) is 0 Å². The molecular formula is C22H22N2O5S.